The topological polar surface area (TPSA) is 87.0 Å². The van der Waals surface area contributed by atoms with E-state index in [0.29, 0.717) is 35.4 Å². The van der Waals surface area contributed by atoms with Crippen molar-refractivity contribution < 1.29 is 27.1 Å². The molecule has 0 aliphatic heterocycles. The number of ketones is 1. The first-order valence-electron chi connectivity index (χ1n) is 17.4. The average molecular weight is 691 g/mol. The summed E-state index contributed by atoms with van der Waals surface area (Å²) in [7, 11) is 0. The lowest BCUT2D eigenvalue weighted by Gasteiger charge is -2.19. The molecule has 264 valence electrons. The Bertz CT molecular complexity index is 1930. The minimum atomic E-state index is -4.81. The molecule has 7 nitrogen and oxygen atoms in total. The van der Waals surface area contributed by atoms with E-state index >= 15 is 0 Å². The van der Waals surface area contributed by atoms with Gasteiger partial charge in [-0.15, -0.1) is 0 Å². The molecule has 0 saturated heterocycles. The summed E-state index contributed by atoms with van der Waals surface area (Å²) >= 11 is 0. The van der Waals surface area contributed by atoms with Crippen molar-refractivity contribution in [2.24, 2.45) is 23.7 Å². The number of aromatic nitrogens is 4. The SMILES string of the molecule is CCOc1ccc(-n2c([C@@H](C)C3C(CC(=O)CC4=CC(C(F)(F)F)=C(F)CC4)C3CC3=CCCC=CC(C)C3)nc3nccnc3c2=O)cc1. The molecule has 0 bridgehead atoms. The molecule has 50 heavy (non-hydrogen) atoms. The summed E-state index contributed by atoms with van der Waals surface area (Å²) in [5.41, 5.74) is 0.950. The van der Waals surface area contributed by atoms with Crippen LogP contribution in [0.1, 0.15) is 83.9 Å². The molecule has 0 N–H and O–H groups in total. The van der Waals surface area contributed by atoms with Gasteiger partial charge in [0.1, 0.15) is 23.2 Å². The first kappa shape index (κ1) is 35.4. The van der Waals surface area contributed by atoms with E-state index in [-0.39, 0.29) is 71.9 Å². The van der Waals surface area contributed by atoms with E-state index in [1.165, 1.54) is 18.0 Å². The minimum absolute atomic E-state index is 0.0329. The summed E-state index contributed by atoms with van der Waals surface area (Å²) in [5, 5.41) is 0. The van der Waals surface area contributed by atoms with Crippen LogP contribution in [-0.2, 0) is 4.79 Å². The molecule has 3 aliphatic carbocycles. The lowest BCUT2D eigenvalue weighted by Crippen LogP contribution is -2.27. The van der Waals surface area contributed by atoms with Gasteiger partial charge in [0.2, 0.25) is 0 Å². The van der Waals surface area contributed by atoms with Crippen LogP contribution < -0.4 is 10.3 Å². The number of Topliss-reactive ketones (excluding diaryl/α,β-unsaturated/α-hetero) is 1. The molecule has 0 amide bonds. The molecule has 6 rings (SSSR count). The first-order chi connectivity index (χ1) is 23.9. The van der Waals surface area contributed by atoms with Crippen LogP contribution in [0.4, 0.5) is 17.6 Å². The van der Waals surface area contributed by atoms with Crippen LogP contribution in [0.25, 0.3) is 16.9 Å². The van der Waals surface area contributed by atoms with Gasteiger partial charge in [-0.2, -0.15) is 13.2 Å². The number of hydrogen-bond acceptors (Lipinski definition) is 6. The molecule has 2 aromatic heterocycles. The second-order valence-corrected chi connectivity index (χ2v) is 13.8. The number of rotatable bonds is 11. The number of allylic oxidation sites excluding steroid dienone is 8. The van der Waals surface area contributed by atoms with Crippen molar-refractivity contribution in [1.29, 1.82) is 0 Å². The van der Waals surface area contributed by atoms with E-state index in [9.17, 15) is 27.2 Å². The largest absolute Gasteiger partial charge is 0.494 e. The Morgan fingerprint density at radius 1 is 1.06 bits per heavy atom. The van der Waals surface area contributed by atoms with Crippen LogP contribution in [0.5, 0.6) is 5.75 Å². The van der Waals surface area contributed by atoms with Gasteiger partial charge < -0.3 is 4.74 Å². The molecule has 0 spiro atoms. The number of nitrogens with zero attached hydrogens (tertiary/aromatic N) is 4. The molecule has 1 fully saturated rings. The van der Waals surface area contributed by atoms with Gasteiger partial charge >= 0.3 is 6.18 Å². The van der Waals surface area contributed by atoms with Gasteiger partial charge in [-0.1, -0.05) is 43.2 Å². The van der Waals surface area contributed by atoms with Crippen LogP contribution in [0.3, 0.4) is 0 Å². The van der Waals surface area contributed by atoms with Gasteiger partial charge in [-0.25, -0.2) is 19.3 Å². The first-order valence-corrected chi connectivity index (χ1v) is 17.4. The lowest BCUT2D eigenvalue weighted by atomic mass is 9.91. The Balaban J connectivity index is 1.33. The van der Waals surface area contributed by atoms with Crippen molar-refractivity contribution in [3.63, 3.8) is 0 Å². The van der Waals surface area contributed by atoms with Crippen molar-refractivity contribution in [1.82, 2.24) is 19.5 Å². The molecular weight excluding hydrogens is 648 g/mol. The molecule has 4 unspecified atom stereocenters. The predicted molar refractivity (Wildman–Crippen MR) is 184 cm³/mol. The number of benzene rings is 1. The van der Waals surface area contributed by atoms with E-state index in [2.05, 4.69) is 35.1 Å². The van der Waals surface area contributed by atoms with Crippen molar-refractivity contribution in [3.8, 4) is 11.4 Å². The van der Waals surface area contributed by atoms with Crippen LogP contribution in [0.15, 0.2) is 88.3 Å². The van der Waals surface area contributed by atoms with Crippen molar-refractivity contribution in [2.45, 2.75) is 84.2 Å². The quantitative estimate of drug-likeness (QED) is 0.147. The summed E-state index contributed by atoms with van der Waals surface area (Å²) in [6.45, 7) is 6.59. The van der Waals surface area contributed by atoms with Gasteiger partial charge in [0.25, 0.3) is 5.56 Å². The van der Waals surface area contributed by atoms with Crippen LogP contribution in [0.2, 0.25) is 0 Å². The van der Waals surface area contributed by atoms with Crippen molar-refractivity contribution in [2.75, 3.05) is 6.61 Å². The second-order valence-electron chi connectivity index (χ2n) is 13.8. The minimum Gasteiger partial charge on any atom is -0.494 e. The smallest absolute Gasteiger partial charge is 0.418 e. The predicted octanol–water partition coefficient (Wildman–Crippen LogP) is 9.09. The van der Waals surface area contributed by atoms with E-state index in [0.717, 1.165) is 31.8 Å². The van der Waals surface area contributed by atoms with Gasteiger partial charge in [0, 0.05) is 37.6 Å². The van der Waals surface area contributed by atoms with E-state index in [4.69, 9.17) is 9.72 Å². The number of carbonyl (C=O) groups is 1. The summed E-state index contributed by atoms with van der Waals surface area (Å²) in [6, 6.07) is 7.20. The van der Waals surface area contributed by atoms with E-state index in [1.807, 2.05) is 13.8 Å². The molecule has 5 atom stereocenters. The Morgan fingerprint density at radius 3 is 2.56 bits per heavy atom. The zero-order valence-corrected chi connectivity index (χ0v) is 28.5. The Hall–Kier alpha value is -4.41. The van der Waals surface area contributed by atoms with Crippen molar-refractivity contribution in [3.05, 3.63) is 99.7 Å². The number of hydrogen-bond donors (Lipinski definition) is 0. The average Bonchev–Trinajstić information content (AvgIpc) is 3.74. The second kappa shape index (κ2) is 14.8. The third kappa shape index (κ3) is 7.81. The highest BCUT2D eigenvalue weighted by Crippen LogP contribution is 2.59. The Kier molecular flexibility index (Phi) is 10.5. The van der Waals surface area contributed by atoms with Crippen LogP contribution >= 0.6 is 0 Å². The molecule has 3 aliphatic rings. The maximum absolute atomic E-state index is 14.0. The fourth-order valence-corrected chi connectivity index (χ4v) is 7.78. The third-order valence-corrected chi connectivity index (χ3v) is 10.1. The number of alkyl halides is 3. The number of halogens is 4. The highest BCUT2D eigenvalue weighted by atomic mass is 19.4. The fraction of sp³-hybridized carbons (Fsp3) is 0.462. The fourth-order valence-electron chi connectivity index (χ4n) is 7.78. The summed E-state index contributed by atoms with van der Waals surface area (Å²) in [4.78, 5) is 41.1. The highest BCUT2D eigenvalue weighted by Gasteiger charge is 2.54. The molecule has 3 aromatic rings. The van der Waals surface area contributed by atoms with Gasteiger partial charge in [-0.05, 0) is 93.0 Å². The number of fused-ring (bicyclic) bond motifs is 1. The van der Waals surface area contributed by atoms with Crippen LogP contribution in [-0.4, -0.2) is 38.1 Å². The molecular formula is C39H42F4N4O3. The highest BCUT2D eigenvalue weighted by molar-refractivity contribution is 5.81. The van der Waals surface area contributed by atoms with Gasteiger partial charge in [0.15, 0.2) is 11.2 Å². The molecule has 1 saturated carbocycles. The van der Waals surface area contributed by atoms with E-state index < -0.39 is 17.6 Å². The van der Waals surface area contributed by atoms with E-state index in [1.54, 1.807) is 28.8 Å². The summed E-state index contributed by atoms with van der Waals surface area (Å²) in [6.07, 6.45) is 9.01. The van der Waals surface area contributed by atoms with Gasteiger partial charge in [0.05, 0.1) is 17.9 Å². The van der Waals surface area contributed by atoms with Crippen molar-refractivity contribution >= 4 is 16.9 Å². The Labute approximate surface area is 288 Å². The summed E-state index contributed by atoms with van der Waals surface area (Å²) in [5.74, 6) is -0.104. The van der Waals surface area contributed by atoms with Gasteiger partial charge in [-0.3, -0.25) is 14.2 Å². The van der Waals surface area contributed by atoms with Crippen LogP contribution in [0, 0.1) is 23.7 Å². The number of carbonyl (C=O) groups excluding carboxylic acids is 1. The molecule has 0 radical (unpaired) electrons. The standard InChI is InChI=1S/C39H42F4N4O3/c1-4-50-29-13-11-27(12-14-29)47-37(46-36-35(38(47)49)44-16-17-45-36)24(3)34-30(20-25-9-7-5-6-8-23(2)18-25)31(34)22-28(48)19-26-10-15-33(40)32(21-26)39(41,42)43/h6,8-9,11-14,16-17,21,23-24,30-31,34H,4-5,7,10,15,18-20,22H2,1-3H3/t23?,24-,30?,31?,34?/m0/s1. The lowest BCUT2D eigenvalue weighted by molar-refractivity contribution is -0.119. The monoisotopic (exact) mass is 690 g/mol. The zero-order chi connectivity index (χ0) is 35.6. The molecule has 2 heterocycles. The number of ether oxygens (including phenoxy) is 1. The molecule has 1 aromatic carbocycles. The normalized spacial score (nSPS) is 23.2. The third-order valence-electron chi connectivity index (χ3n) is 10.1. The zero-order valence-electron chi connectivity index (χ0n) is 28.5. The summed E-state index contributed by atoms with van der Waals surface area (Å²) < 4.78 is 61.5. The maximum Gasteiger partial charge on any atom is 0.418 e. The molecule has 11 heteroatoms. The maximum atomic E-state index is 14.0. The Morgan fingerprint density at radius 2 is 1.82 bits per heavy atom.